The molecule has 1 rings (SSSR count). The van der Waals surface area contributed by atoms with E-state index in [-0.39, 0.29) is 0 Å². The van der Waals surface area contributed by atoms with Gasteiger partial charge in [0.05, 0.1) is 12.4 Å². The fourth-order valence-corrected chi connectivity index (χ4v) is 2.79. The van der Waals surface area contributed by atoms with Crippen LogP contribution in [0.5, 0.6) is 0 Å². The van der Waals surface area contributed by atoms with Gasteiger partial charge in [0.2, 0.25) is 0 Å². The molecule has 0 bridgehead atoms. The van der Waals surface area contributed by atoms with Crippen LogP contribution in [0.4, 0.5) is 0 Å². The Morgan fingerprint density at radius 2 is 1.59 bits per heavy atom. The summed E-state index contributed by atoms with van der Waals surface area (Å²) >= 11 is 0. The molecular weight excluding hydrogens is 272 g/mol. The molecule has 1 atom stereocenters. The van der Waals surface area contributed by atoms with Gasteiger partial charge in [-0.05, 0) is 12.8 Å². The third-order valence-electron chi connectivity index (χ3n) is 4.20. The van der Waals surface area contributed by atoms with E-state index in [4.69, 9.17) is 4.74 Å². The van der Waals surface area contributed by atoms with Crippen LogP contribution < -0.4 is 0 Å². The number of hydrogen-bond acceptors (Lipinski definition) is 2. The molecule has 0 saturated heterocycles. The fraction of sp³-hybridized carbons (Fsp3) is 0.842. The normalized spacial score (nSPS) is 12.6. The van der Waals surface area contributed by atoms with E-state index in [0.717, 1.165) is 13.2 Å². The van der Waals surface area contributed by atoms with E-state index in [0.29, 0.717) is 6.10 Å². The lowest BCUT2D eigenvalue weighted by Gasteiger charge is -2.18. The Labute approximate surface area is 137 Å². The lowest BCUT2D eigenvalue weighted by molar-refractivity contribution is 0.0317. The Hall–Kier alpha value is -0.830. The molecule has 0 saturated carbocycles. The maximum absolute atomic E-state index is 6.15. The monoisotopic (exact) mass is 308 g/mol. The molecule has 1 aromatic heterocycles. The zero-order valence-corrected chi connectivity index (χ0v) is 14.8. The van der Waals surface area contributed by atoms with Crippen LogP contribution in [0.15, 0.2) is 18.7 Å². The summed E-state index contributed by atoms with van der Waals surface area (Å²) in [7, 11) is 0. The minimum Gasteiger partial charge on any atom is -0.376 e. The van der Waals surface area contributed by atoms with Gasteiger partial charge in [-0.2, -0.15) is 0 Å². The van der Waals surface area contributed by atoms with E-state index in [1.165, 1.54) is 70.6 Å². The number of unbranched alkanes of at least 4 members (excludes halogenated alkanes) is 8. The first-order valence-corrected chi connectivity index (χ1v) is 9.44. The zero-order valence-electron chi connectivity index (χ0n) is 14.8. The minimum absolute atomic E-state index is 0.349. The van der Waals surface area contributed by atoms with Crippen molar-refractivity contribution in [2.75, 3.05) is 6.61 Å². The summed E-state index contributed by atoms with van der Waals surface area (Å²) < 4.78 is 8.30. The van der Waals surface area contributed by atoms with E-state index < -0.39 is 0 Å². The van der Waals surface area contributed by atoms with E-state index in [1.807, 2.05) is 18.7 Å². The summed E-state index contributed by atoms with van der Waals surface area (Å²) in [6.45, 7) is 6.39. The molecule has 1 heterocycles. The molecule has 128 valence electrons. The van der Waals surface area contributed by atoms with Crippen LogP contribution in [-0.4, -0.2) is 22.3 Å². The van der Waals surface area contributed by atoms with Crippen molar-refractivity contribution in [2.45, 2.75) is 97.1 Å². The van der Waals surface area contributed by atoms with Gasteiger partial charge >= 0.3 is 0 Å². The van der Waals surface area contributed by atoms with Gasteiger partial charge in [0.1, 0.15) is 0 Å². The Bertz CT molecular complexity index is 324. The average molecular weight is 309 g/mol. The zero-order chi connectivity index (χ0) is 15.9. The second-order valence-electron chi connectivity index (χ2n) is 6.37. The summed E-state index contributed by atoms with van der Waals surface area (Å²) in [5.74, 6) is 0. The topological polar surface area (TPSA) is 27.1 Å². The average Bonchev–Trinajstić information content (AvgIpc) is 3.03. The molecule has 0 aliphatic rings. The molecule has 0 amide bonds. The van der Waals surface area contributed by atoms with Crippen molar-refractivity contribution < 1.29 is 4.74 Å². The van der Waals surface area contributed by atoms with Gasteiger partial charge in [0.15, 0.2) is 0 Å². The molecule has 0 aliphatic heterocycles. The number of aromatic nitrogens is 2. The summed E-state index contributed by atoms with van der Waals surface area (Å²) in [5, 5.41) is 0. The van der Waals surface area contributed by atoms with E-state index in [2.05, 4.69) is 23.4 Å². The van der Waals surface area contributed by atoms with Crippen LogP contribution in [0.1, 0.15) is 84.5 Å². The van der Waals surface area contributed by atoms with Crippen LogP contribution in [-0.2, 0) is 11.3 Å². The molecule has 0 aromatic carbocycles. The van der Waals surface area contributed by atoms with Crippen LogP contribution in [0, 0.1) is 0 Å². The van der Waals surface area contributed by atoms with E-state index in [1.54, 1.807) is 0 Å². The number of nitrogens with zero attached hydrogens (tertiary/aromatic N) is 2. The van der Waals surface area contributed by atoms with Gasteiger partial charge in [-0.15, -0.1) is 0 Å². The van der Waals surface area contributed by atoms with Crippen molar-refractivity contribution in [3.63, 3.8) is 0 Å². The molecule has 0 N–H and O–H groups in total. The SMILES string of the molecule is CCCCCCCCOC(CCCCCC)Cn1ccnc1. The lowest BCUT2D eigenvalue weighted by Crippen LogP contribution is -2.20. The third-order valence-corrected chi connectivity index (χ3v) is 4.20. The first kappa shape index (κ1) is 19.2. The second-order valence-corrected chi connectivity index (χ2v) is 6.37. The second kappa shape index (κ2) is 13.8. The van der Waals surface area contributed by atoms with Gasteiger partial charge < -0.3 is 9.30 Å². The molecule has 1 aromatic rings. The highest BCUT2D eigenvalue weighted by atomic mass is 16.5. The van der Waals surface area contributed by atoms with Crippen molar-refractivity contribution in [2.24, 2.45) is 0 Å². The van der Waals surface area contributed by atoms with Crippen LogP contribution in [0.3, 0.4) is 0 Å². The van der Waals surface area contributed by atoms with Gasteiger partial charge in [0.25, 0.3) is 0 Å². The Morgan fingerprint density at radius 3 is 2.27 bits per heavy atom. The molecule has 0 spiro atoms. The highest BCUT2D eigenvalue weighted by Crippen LogP contribution is 2.12. The Balaban J connectivity index is 2.16. The van der Waals surface area contributed by atoms with Gasteiger partial charge in [-0.3, -0.25) is 0 Å². The number of rotatable bonds is 15. The number of ether oxygens (including phenoxy) is 1. The summed E-state index contributed by atoms with van der Waals surface area (Å²) in [6.07, 6.45) is 20.5. The summed E-state index contributed by atoms with van der Waals surface area (Å²) in [6, 6.07) is 0. The van der Waals surface area contributed by atoms with Crippen molar-refractivity contribution >= 4 is 0 Å². The van der Waals surface area contributed by atoms with Gasteiger partial charge in [-0.25, -0.2) is 4.98 Å². The maximum Gasteiger partial charge on any atom is 0.0946 e. The Morgan fingerprint density at radius 1 is 0.909 bits per heavy atom. The molecule has 1 unspecified atom stereocenters. The van der Waals surface area contributed by atoms with E-state index in [9.17, 15) is 0 Å². The quantitative estimate of drug-likeness (QED) is 0.394. The van der Waals surface area contributed by atoms with Crippen LogP contribution in [0.2, 0.25) is 0 Å². The minimum atomic E-state index is 0.349. The van der Waals surface area contributed by atoms with Gasteiger partial charge in [-0.1, -0.05) is 71.6 Å². The largest absolute Gasteiger partial charge is 0.376 e. The molecule has 0 aliphatic carbocycles. The summed E-state index contributed by atoms with van der Waals surface area (Å²) in [4.78, 5) is 4.13. The predicted octanol–water partition coefficient (Wildman–Crippen LogP) is 5.60. The van der Waals surface area contributed by atoms with Crippen molar-refractivity contribution in [1.29, 1.82) is 0 Å². The maximum atomic E-state index is 6.15. The van der Waals surface area contributed by atoms with Crippen LogP contribution in [0.25, 0.3) is 0 Å². The smallest absolute Gasteiger partial charge is 0.0946 e. The number of imidazole rings is 1. The van der Waals surface area contributed by atoms with Gasteiger partial charge in [0, 0.05) is 25.5 Å². The first-order chi connectivity index (χ1) is 10.9. The van der Waals surface area contributed by atoms with E-state index >= 15 is 0 Å². The standard InChI is InChI=1S/C19H36N2O/c1-3-5-7-9-10-12-16-22-19(13-11-8-6-4-2)17-21-15-14-20-18-21/h14-15,18-19H,3-13,16-17H2,1-2H3. The molecule has 3 heteroatoms. The van der Waals surface area contributed by atoms with Crippen molar-refractivity contribution in [3.8, 4) is 0 Å². The van der Waals surface area contributed by atoms with Crippen molar-refractivity contribution in [3.05, 3.63) is 18.7 Å². The lowest BCUT2D eigenvalue weighted by atomic mass is 10.1. The highest BCUT2D eigenvalue weighted by Gasteiger charge is 2.09. The molecule has 0 radical (unpaired) electrons. The highest BCUT2D eigenvalue weighted by molar-refractivity contribution is 4.76. The molecule has 3 nitrogen and oxygen atoms in total. The Kier molecular flexibility index (Phi) is 12.1. The molecular formula is C19H36N2O. The summed E-state index contributed by atoms with van der Waals surface area (Å²) in [5.41, 5.74) is 0. The third kappa shape index (κ3) is 9.99. The van der Waals surface area contributed by atoms with Crippen LogP contribution >= 0.6 is 0 Å². The molecule has 0 fully saturated rings. The van der Waals surface area contributed by atoms with Crippen molar-refractivity contribution in [1.82, 2.24) is 9.55 Å². The molecule has 22 heavy (non-hydrogen) atoms. The number of hydrogen-bond donors (Lipinski definition) is 0. The fourth-order valence-electron chi connectivity index (χ4n) is 2.79. The predicted molar refractivity (Wildman–Crippen MR) is 94.1 cm³/mol. The first-order valence-electron chi connectivity index (χ1n) is 9.44.